The van der Waals surface area contributed by atoms with Crippen LogP contribution in [0.3, 0.4) is 0 Å². The highest BCUT2D eigenvalue weighted by atomic mass is 32.1. The minimum atomic E-state index is -0.914. The standard InChI is InChI=1S/C24H20N4O3S/c1-24(2)16-8-4-6-13-14-7-5-9-25-19(14)28(18(13)16)22-17(24)11-12(32-22)10-15-20(29)26-23(31)27(3)21(15)30/h4-9,11,15H,10H2,1-3H3,(H,26,29,31). The topological polar surface area (TPSA) is 84.3 Å². The molecule has 0 spiro atoms. The first-order valence-corrected chi connectivity index (χ1v) is 11.3. The molecule has 2 aliphatic rings. The number of benzene rings is 1. The van der Waals surface area contributed by atoms with Crippen LogP contribution in [0.5, 0.6) is 0 Å². The Bertz CT molecular complexity index is 1500. The van der Waals surface area contributed by atoms with Crippen molar-refractivity contribution in [3.05, 3.63) is 58.6 Å². The number of aromatic nitrogens is 2. The molecule has 1 aromatic carbocycles. The maximum Gasteiger partial charge on any atom is 0.330 e. The molecule has 0 saturated carbocycles. The first-order valence-electron chi connectivity index (χ1n) is 10.4. The van der Waals surface area contributed by atoms with Crippen LogP contribution in [-0.2, 0) is 21.4 Å². The van der Waals surface area contributed by atoms with Crippen molar-refractivity contribution in [2.24, 2.45) is 5.92 Å². The summed E-state index contributed by atoms with van der Waals surface area (Å²) in [6, 6.07) is 11.9. The van der Waals surface area contributed by atoms with E-state index in [2.05, 4.69) is 59.0 Å². The Morgan fingerprint density at radius 1 is 1.09 bits per heavy atom. The number of carbonyl (C=O) groups excluding carboxylic acids is 3. The number of para-hydroxylation sites is 1. The van der Waals surface area contributed by atoms with Gasteiger partial charge in [-0.15, -0.1) is 11.3 Å². The first-order chi connectivity index (χ1) is 15.3. The molecule has 0 bridgehead atoms. The number of carbonyl (C=O) groups is 3. The number of hydrogen-bond donors (Lipinski definition) is 1. The van der Waals surface area contributed by atoms with E-state index in [4.69, 9.17) is 0 Å². The quantitative estimate of drug-likeness (QED) is 0.477. The average Bonchev–Trinajstić information content (AvgIpc) is 3.34. The fraction of sp³-hybridized carbons (Fsp3) is 0.250. The Labute approximate surface area is 187 Å². The summed E-state index contributed by atoms with van der Waals surface area (Å²) in [5.74, 6) is -1.92. The summed E-state index contributed by atoms with van der Waals surface area (Å²) in [6.07, 6.45) is 2.05. The van der Waals surface area contributed by atoms with Gasteiger partial charge in [-0.05, 0) is 29.3 Å². The number of imide groups is 2. The zero-order chi connectivity index (χ0) is 22.4. The van der Waals surface area contributed by atoms with E-state index in [0.29, 0.717) is 0 Å². The van der Waals surface area contributed by atoms with Crippen LogP contribution >= 0.6 is 11.3 Å². The summed E-state index contributed by atoms with van der Waals surface area (Å²) in [7, 11) is 1.39. The predicted octanol–water partition coefficient (Wildman–Crippen LogP) is 3.75. The molecule has 0 aliphatic carbocycles. The van der Waals surface area contributed by atoms with Crippen LogP contribution in [0.25, 0.3) is 26.9 Å². The number of thiophene rings is 1. The van der Waals surface area contributed by atoms with Crippen molar-refractivity contribution in [2.45, 2.75) is 25.7 Å². The van der Waals surface area contributed by atoms with Crippen LogP contribution in [0.1, 0.15) is 29.9 Å². The number of urea groups is 1. The second-order valence-electron chi connectivity index (χ2n) is 8.92. The van der Waals surface area contributed by atoms with Crippen molar-refractivity contribution in [2.75, 3.05) is 7.05 Å². The number of pyridine rings is 1. The van der Waals surface area contributed by atoms with E-state index in [1.165, 1.54) is 18.0 Å². The van der Waals surface area contributed by atoms with Crippen molar-refractivity contribution in [1.29, 1.82) is 0 Å². The Morgan fingerprint density at radius 3 is 2.69 bits per heavy atom. The summed E-state index contributed by atoms with van der Waals surface area (Å²) in [4.78, 5) is 43.4. The Hall–Kier alpha value is -3.52. The van der Waals surface area contributed by atoms with Gasteiger partial charge in [0.15, 0.2) is 0 Å². The molecule has 1 unspecified atom stereocenters. The predicted molar refractivity (Wildman–Crippen MR) is 122 cm³/mol. The zero-order valence-corrected chi connectivity index (χ0v) is 18.6. The van der Waals surface area contributed by atoms with Gasteiger partial charge < -0.3 is 0 Å². The number of hydrogen-bond acceptors (Lipinski definition) is 5. The summed E-state index contributed by atoms with van der Waals surface area (Å²) >= 11 is 1.58. The van der Waals surface area contributed by atoms with Crippen molar-refractivity contribution >= 4 is 51.1 Å². The lowest BCUT2D eigenvalue weighted by Gasteiger charge is -2.32. The lowest BCUT2D eigenvalue weighted by Crippen LogP contribution is -2.56. The van der Waals surface area contributed by atoms with Crippen LogP contribution < -0.4 is 5.32 Å². The lowest BCUT2D eigenvalue weighted by atomic mass is 9.76. The highest BCUT2D eigenvalue weighted by Gasteiger charge is 2.41. The molecule has 4 amide bonds. The van der Waals surface area contributed by atoms with E-state index in [-0.39, 0.29) is 11.8 Å². The van der Waals surface area contributed by atoms with Crippen LogP contribution in [0, 0.1) is 5.92 Å². The largest absolute Gasteiger partial charge is 0.330 e. The zero-order valence-electron chi connectivity index (χ0n) is 17.8. The van der Waals surface area contributed by atoms with Gasteiger partial charge in [-0.3, -0.25) is 24.4 Å². The molecule has 8 heteroatoms. The molecule has 2 aliphatic heterocycles. The third-order valence-electron chi connectivity index (χ3n) is 6.75. The molecule has 1 fully saturated rings. The highest BCUT2D eigenvalue weighted by molar-refractivity contribution is 7.14. The molecule has 1 atom stereocenters. The van der Waals surface area contributed by atoms with E-state index < -0.39 is 23.8 Å². The van der Waals surface area contributed by atoms with Gasteiger partial charge in [0.05, 0.1) is 5.52 Å². The second-order valence-corrected chi connectivity index (χ2v) is 10.0. The normalized spacial score (nSPS) is 19.5. The molecule has 1 saturated heterocycles. The molecule has 160 valence electrons. The van der Waals surface area contributed by atoms with Gasteiger partial charge in [-0.1, -0.05) is 32.0 Å². The van der Waals surface area contributed by atoms with Gasteiger partial charge in [0.25, 0.3) is 0 Å². The number of rotatable bonds is 2. The highest BCUT2D eigenvalue weighted by Crippen LogP contribution is 2.49. The van der Waals surface area contributed by atoms with E-state index in [9.17, 15) is 14.4 Å². The van der Waals surface area contributed by atoms with Gasteiger partial charge >= 0.3 is 6.03 Å². The van der Waals surface area contributed by atoms with Crippen molar-refractivity contribution < 1.29 is 14.4 Å². The van der Waals surface area contributed by atoms with Crippen molar-refractivity contribution in [1.82, 2.24) is 19.8 Å². The van der Waals surface area contributed by atoms with Crippen LogP contribution in [-0.4, -0.2) is 39.3 Å². The SMILES string of the molecule is CN1C(=O)NC(=O)C(Cc2cc3c(s2)-n2c4ncccc4c4cccc(c42)C3(C)C)C1=O. The molecule has 32 heavy (non-hydrogen) atoms. The summed E-state index contributed by atoms with van der Waals surface area (Å²) < 4.78 is 2.22. The number of fused-ring (bicyclic) bond motifs is 5. The maximum absolute atomic E-state index is 12.6. The first kappa shape index (κ1) is 19.2. The van der Waals surface area contributed by atoms with Crippen LogP contribution in [0.15, 0.2) is 42.6 Å². The van der Waals surface area contributed by atoms with E-state index >= 15 is 0 Å². The van der Waals surface area contributed by atoms with E-state index in [1.807, 2.05) is 6.07 Å². The molecule has 6 rings (SSSR count). The average molecular weight is 445 g/mol. The summed E-state index contributed by atoms with van der Waals surface area (Å²) in [5.41, 5.74) is 4.18. The van der Waals surface area contributed by atoms with Gasteiger partial charge in [-0.2, -0.15) is 0 Å². The smallest absolute Gasteiger partial charge is 0.284 e. The molecule has 1 N–H and O–H groups in total. The molecule has 3 aromatic heterocycles. The number of nitrogens with zero attached hydrogens (tertiary/aromatic N) is 3. The minimum Gasteiger partial charge on any atom is -0.284 e. The molecular weight excluding hydrogens is 424 g/mol. The molecule has 7 nitrogen and oxygen atoms in total. The number of barbiturate groups is 1. The molecular formula is C24H20N4O3S. The summed E-state index contributed by atoms with van der Waals surface area (Å²) in [6.45, 7) is 4.41. The van der Waals surface area contributed by atoms with Crippen LogP contribution in [0.4, 0.5) is 4.79 Å². The molecule has 4 aromatic rings. The fourth-order valence-corrected chi connectivity index (χ4v) is 6.36. The monoisotopic (exact) mass is 444 g/mol. The van der Waals surface area contributed by atoms with E-state index in [0.717, 1.165) is 36.9 Å². The second kappa shape index (κ2) is 6.26. The van der Waals surface area contributed by atoms with Crippen molar-refractivity contribution in [3.8, 4) is 5.00 Å². The maximum atomic E-state index is 12.6. The number of amides is 4. The third-order valence-corrected chi connectivity index (χ3v) is 7.89. The third kappa shape index (κ3) is 2.35. The lowest BCUT2D eigenvalue weighted by molar-refractivity contribution is -0.141. The van der Waals surface area contributed by atoms with Gasteiger partial charge in [0, 0.05) is 40.7 Å². The Balaban J connectivity index is 1.54. The molecule has 5 heterocycles. The Morgan fingerprint density at radius 2 is 1.88 bits per heavy atom. The van der Waals surface area contributed by atoms with Gasteiger partial charge in [0.1, 0.15) is 16.6 Å². The minimum absolute atomic E-state index is 0.250. The Kier molecular flexibility index (Phi) is 3.75. The number of nitrogens with one attached hydrogen (secondary N) is 1. The fourth-order valence-electron chi connectivity index (χ4n) is 4.99. The summed E-state index contributed by atoms with van der Waals surface area (Å²) in [5, 5.41) is 5.61. The molecule has 0 radical (unpaired) electrons. The van der Waals surface area contributed by atoms with Crippen LogP contribution in [0.2, 0.25) is 0 Å². The van der Waals surface area contributed by atoms with Gasteiger partial charge in [-0.25, -0.2) is 9.78 Å². The van der Waals surface area contributed by atoms with Crippen molar-refractivity contribution in [3.63, 3.8) is 0 Å². The van der Waals surface area contributed by atoms with Gasteiger partial charge in [0.2, 0.25) is 11.8 Å². The van der Waals surface area contributed by atoms with E-state index in [1.54, 1.807) is 17.5 Å².